The van der Waals surface area contributed by atoms with Gasteiger partial charge in [-0.15, -0.1) is 13.2 Å². The maximum atomic E-state index is 12.2. The molecule has 2 nitrogen and oxygen atoms in total. The number of rotatable bonds is 11. The highest BCUT2D eigenvalue weighted by Gasteiger charge is 2.66. The first kappa shape index (κ1) is 17.0. The fraction of sp³-hybridized carbons (Fsp3) is 0.722. The Morgan fingerprint density at radius 1 is 1.20 bits per heavy atom. The van der Waals surface area contributed by atoms with Gasteiger partial charge in [-0.05, 0) is 37.5 Å². The third-order valence-corrected chi connectivity index (χ3v) is 4.63. The van der Waals surface area contributed by atoms with Gasteiger partial charge in [-0.25, -0.2) is 0 Å². The molecule has 3 atom stereocenters. The normalized spacial score (nSPS) is 27.9. The molecule has 0 amide bonds. The van der Waals surface area contributed by atoms with E-state index in [1.807, 2.05) is 19.1 Å². The summed E-state index contributed by atoms with van der Waals surface area (Å²) < 4.78 is 5.26. The molecule has 0 saturated heterocycles. The highest BCUT2D eigenvalue weighted by molar-refractivity contribution is 5.78. The van der Waals surface area contributed by atoms with Crippen LogP contribution in [0.4, 0.5) is 0 Å². The molecule has 0 aliphatic heterocycles. The van der Waals surface area contributed by atoms with E-state index in [0.29, 0.717) is 12.5 Å². The van der Waals surface area contributed by atoms with Gasteiger partial charge in [0.25, 0.3) is 0 Å². The minimum atomic E-state index is -0.0170. The summed E-state index contributed by atoms with van der Waals surface area (Å²) in [6.07, 6.45) is 11.8. The van der Waals surface area contributed by atoms with Crippen LogP contribution in [0.2, 0.25) is 0 Å². The van der Waals surface area contributed by atoms with Crippen LogP contribution >= 0.6 is 0 Å². The average molecular weight is 278 g/mol. The quantitative estimate of drug-likeness (QED) is 0.305. The van der Waals surface area contributed by atoms with Gasteiger partial charge in [0.15, 0.2) is 0 Å². The predicted octanol–water partition coefficient (Wildman–Crippen LogP) is 4.90. The Balaban J connectivity index is 2.71. The molecule has 2 heteroatoms. The molecule has 114 valence electrons. The second-order valence-corrected chi connectivity index (χ2v) is 5.90. The van der Waals surface area contributed by atoms with Crippen molar-refractivity contribution >= 4 is 5.97 Å². The number of esters is 1. The number of unbranched alkanes of at least 4 members (excludes halogenated alkanes) is 3. The predicted molar refractivity (Wildman–Crippen MR) is 84.4 cm³/mol. The van der Waals surface area contributed by atoms with E-state index >= 15 is 0 Å². The number of hydrogen-bond donors (Lipinski definition) is 0. The summed E-state index contributed by atoms with van der Waals surface area (Å²) in [7, 11) is 0. The number of ether oxygens (including phenoxy) is 1. The summed E-state index contributed by atoms with van der Waals surface area (Å²) in [5, 5.41) is 0. The van der Waals surface area contributed by atoms with E-state index in [1.54, 1.807) is 0 Å². The summed E-state index contributed by atoms with van der Waals surface area (Å²) in [6, 6.07) is 0. The molecule has 1 aliphatic rings. The van der Waals surface area contributed by atoms with Gasteiger partial charge < -0.3 is 4.74 Å². The molecule has 1 rings (SSSR count). The summed E-state index contributed by atoms with van der Waals surface area (Å²) in [5.41, 5.74) is 0.0932. The SMILES string of the molecule is C=CC[C@H]1[C@@H](C(=O)OCC)[C@]1(CC=C)CCCCCC. The van der Waals surface area contributed by atoms with Crippen LogP contribution < -0.4 is 0 Å². The Morgan fingerprint density at radius 3 is 2.50 bits per heavy atom. The molecule has 0 unspecified atom stereocenters. The van der Waals surface area contributed by atoms with E-state index in [-0.39, 0.29) is 17.3 Å². The van der Waals surface area contributed by atoms with Crippen molar-refractivity contribution in [3.8, 4) is 0 Å². The van der Waals surface area contributed by atoms with E-state index in [4.69, 9.17) is 4.74 Å². The van der Waals surface area contributed by atoms with Gasteiger partial charge in [0.05, 0.1) is 12.5 Å². The molecule has 0 radical (unpaired) electrons. The molecular formula is C18H30O2. The summed E-state index contributed by atoms with van der Waals surface area (Å²) in [6.45, 7) is 12.3. The van der Waals surface area contributed by atoms with Crippen LogP contribution in [0.25, 0.3) is 0 Å². The van der Waals surface area contributed by atoms with Crippen LogP contribution in [0.15, 0.2) is 25.3 Å². The van der Waals surface area contributed by atoms with E-state index in [0.717, 1.165) is 19.3 Å². The first-order valence-electron chi connectivity index (χ1n) is 8.06. The smallest absolute Gasteiger partial charge is 0.309 e. The largest absolute Gasteiger partial charge is 0.466 e. The topological polar surface area (TPSA) is 26.3 Å². The van der Waals surface area contributed by atoms with Gasteiger partial charge in [0.1, 0.15) is 0 Å². The van der Waals surface area contributed by atoms with Gasteiger partial charge >= 0.3 is 5.97 Å². The second kappa shape index (κ2) is 8.28. The van der Waals surface area contributed by atoms with Crippen molar-refractivity contribution in [2.24, 2.45) is 17.3 Å². The van der Waals surface area contributed by atoms with Crippen LogP contribution in [0.3, 0.4) is 0 Å². The van der Waals surface area contributed by atoms with Crippen LogP contribution in [0.5, 0.6) is 0 Å². The number of allylic oxidation sites excluding steroid dienone is 2. The Morgan fingerprint density at radius 2 is 1.95 bits per heavy atom. The Labute approximate surface area is 124 Å². The fourth-order valence-corrected chi connectivity index (χ4v) is 3.63. The Hall–Kier alpha value is -1.05. The number of carbonyl (C=O) groups is 1. The highest BCUT2D eigenvalue weighted by Crippen LogP contribution is 2.66. The van der Waals surface area contributed by atoms with E-state index in [1.165, 1.54) is 25.7 Å². The maximum absolute atomic E-state index is 12.2. The van der Waals surface area contributed by atoms with Crippen molar-refractivity contribution < 1.29 is 9.53 Å². The van der Waals surface area contributed by atoms with Crippen molar-refractivity contribution in [1.29, 1.82) is 0 Å². The zero-order valence-corrected chi connectivity index (χ0v) is 13.2. The molecular weight excluding hydrogens is 248 g/mol. The van der Waals surface area contributed by atoms with Gasteiger partial charge in [-0.2, -0.15) is 0 Å². The van der Waals surface area contributed by atoms with Crippen molar-refractivity contribution in [2.45, 2.75) is 58.8 Å². The zero-order valence-electron chi connectivity index (χ0n) is 13.2. The number of carbonyl (C=O) groups excluding carboxylic acids is 1. The first-order chi connectivity index (χ1) is 9.67. The highest BCUT2D eigenvalue weighted by atomic mass is 16.5. The zero-order chi connectivity index (χ0) is 15.0. The summed E-state index contributed by atoms with van der Waals surface area (Å²) in [5.74, 6) is 0.440. The molecule has 0 spiro atoms. The summed E-state index contributed by atoms with van der Waals surface area (Å²) in [4.78, 5) is 12.2. The minimum Gasteiger partial charge on any atom is -0.466 e. The number of hydrogen-bond acceptors (Lipinski definition) is 2. The van der Waals surface area contributed by atoms with Crippen molar-refractivity contribution in [1.82, 2.24) is 0 Å². The van der Waals surface area contributed by atoms with Gasteiger partial charge in [0.2, 0.25) is 0 Å². The molecule has 0 aromatic rings. The first-order valence-corrected chi connectivity index (χ1v) is 8.06. The van der Waals surface area contributed by atoms with Crippen molar-refractivity contribution in [3.63, 3.8) is 0 Å². The van der Waals surface area contributed by atoms with Gasteiger partial charge in [-0.1, -0.05) is 44.8 Å². The fourth-order valence-electron chi connectivity index (χ4n) is 3.63. The molecule has 0 bridgehead atoms. The third kappa shape index (κ3) is 3.74. The molecule has 20 heavy (non-hydrogen) atoms. The van der Waals surface area contributed by atoms with Crippen LogP contribution in [-0.2, 0) is 9.53 Å². The second-order valence-electron chi connectivity index (χ2n) is 5.90. The van der Waals surface area contributed by atoms with Crippen LogP contribution in [-0.4, -0.2) is 12.6 Å². The van der Waals surface area contributed by atoms with Crippen LogP contribution in [0, 0.1) is 17.3 Å². The van der Waals surface area contributed by atoms with E-state index in [9.17, 15) is 4.79 Å². The minimum absolute atomic E-state index is 0.0170. The van der Waals surface area contributed by atoms with Crippen molar-refractivity contribution in [3.05, 3.63) is 25.3 Å². The maximum Gasteiger partial charge on any atom is 0.309 e. The lowest BCUT2D eigenvalue weighted by atomic mass is 9.89. The molecule has 0 heterocycles. The van der Waals surface area contributed by atoms with E-state index in [2.05, 4.69) is 20.1 Å². The monoisotopic (exact) mass is 278 g/mol. The lowest BCUT2D eigenvalue weighted by Crippen LogP contribution is -2.13. The third-order valence-electron chi connectivity index (χ3n) is 4.63. The molecule has 1 fully saturated rings. The van der Waals surface area contributed by atoms with Crippen LogP contribution in [0.1, 0.15) is 58.8 Å². The van der Waals surface area contributed by atoms with Gasteiger partial charge in [-0.3, -0.25) is 4.79 Å². The average Bonchev–Trinajstić information content (AvgIpc) is 3.03. The summed E-state index contributed by atoms with van der Waals surface area (Å²) >= 11 is 0. The molecule has 0 aromatic heterocycles. The molecule has 1 saturated carbocycles. The molecule has 0 N–H and O–H groups in total. The lowest BCUT2D eigenvalue weighted by Gasteiger charge is -2.16. The Bertz CT molecular complexity index is 334. The standard InChI is InChI=1S/C18H30O2/c1-5-9-10-11-14-18(13-7-3)15(12-6-2)16(18)17(19)20-8-4/h6-7,15-16H,2-3,5,8-14H2,1,4H3/t15-,16-,18+/m0/s1. The van der Waals surface area contributed by atoms with Gasteiger partial charge in [0, 0.05) is 0 Å². The van der Waals surface area contributed by atoms with Crippen molar-refractivity contribution in [2.75, 3.05) is 6.61 Å². The Kier molecular flexibility index (Phi) is 7.04. The lowest BCUT2D eigenvalue weighted by molar-refractivity contribution is -0.146. The molecule has 0 aromatic carbocycles. The van der Waals surface area contributed by atoms with E-state index < -0.39 is 0 Å². The molecule has 1 aliphatic carbocycles.